The van der Waals surface area contributed by atoms with Gasteiger partial charge in [0.15, 0.2) is 0 Å². The quantitative estimate of drug-likeness (QED) is 0.747. The highest BCUT2D eigenvalue weighted by atomic mass is 32.1. The van der Waals surface area contributed by atoms with Crippen molar-refractivity contribution in [2.75, 3.05) is 5.75 Å². The van der Waals surface area contributed by atoms with Crippen molar-refractivity contribution in [3.05, 3.63) is 41.5 Å². The number of nitrogens with zero attached hydrogens (tertiary/aromatic N) is 1. The lowest BCUT2D eigenvalue weighted by Gasteiger charge is -1.95. The van der Waals surface area contributed by atoms with Crippen LogP contribution in [-0.2, 0) is 6.42 Å². The molecule has 1 nitrogen and oxygen atoms in total. The van der Waals surface area contributed by atoms with Crippen LogP contribution in [-0.4, -0.2) is 5.75 Å². The zero-order valence-corrected chi connectivity index (χ0v) is 8.87. The number of hydrogen-bond acceptors (Lipinski definition) is 2. The summed E-state index contributed by atoms with van der Waals surface area (Å²) in [6.45, 7) is 0. The Kier molecular flexibility index (Phi) is 4.88. The van der Waals surface area contributed by atoms with Gasteiger partial charge in [0.05, 0.1) is 12.5 Å². The minimum absolute atomic E-state index is 0.487. The third-order valence-electron chi connectivity index (χ3n) is 1.87. The van der Waals surface area contributed by atoms with Gasteiger partial charge in [0.1, 0.15) is 0 Å². The van der Waals surface area contributed by atoms with Crippen molar-refractivity contribution in [1.29, 1.82) is 5.26 Å². The summed E-state index contributed by atoms with van der Waals surface area (Å²) in [4.78, 5) is 0. The van der Waals surface area contributed by atoms with Gasteiger partial charge in [-0.3, -0.25) is 0 Å². The molecule has 72 valence electrons. The van der Waals surface area contributed by atoms with E-state index in [2.05, 4.69) is 30.9 Å². The van der Waals surface area contributed by atoms with Gasteiger partial charge in [0.25, 0.3) is 0 Å². The smallest absolute Gasteiger partial charge is 0.0669 e. The summed E-state index contributed by atoms with van der Waals surface area (Å²) in [6.07, 6.45) is 5.66. The molecular weight excluding hydrogens is 190 g/mol. The van der Waals surface area contributed by atoms with Crippen LogP contribution in [0.1, 0.15) is 17.5 Å². The van der Waals surface area contributed by atoms with Crippen LogP contribution in [0.4, 0.5) is 0 Å². The van der Waals surface area contributed by atoms with E-state index in [1.165, 1.54) is 5.56 Å². The molecule has 2 heteroatoms. The van der Waals surface area contributed by atoms with Gasteiger partial charge in [-0.2, -0.15) is 17.9 Å². The summed E-state index contributed by atoms with van der Waals surface area (Å²) in [7, 11) is 0. The third kappa shape index (κ3) is 3.68. The summed E-state index contributed by atoms with van der Waals surface area (Å²) in [6, 6.07) is 10.2. The highest BCUT2D eigenvalue weighted by molar-refractivity contribution is 7.80. The molecule has 0 amide bonds. The first kappa shape index (κ1) is 10.9. The molecule has 1 aromatic rings. The van der Waals surface area contributed by atoms with Crippen LogP contribution in [0.5, 0.6) is 0 Å². The summed E-state index contributed by atoms with van der Waals surface area (Å²) in [5.41, 5.74) is 2.24. The van der Waals surface area contributed by atoms with Gasteiger partial charge in [0.2, 0.25) is 0 Å². The fraction of sp³-hybridized carbons (Fsp3) is 0.250. The number of allylic oxidation sites excluding steroid dienone is 1. The maximum absolute atomic E-state index is 8.49. The highest BCUT2D eigenvalue weighted by Crippen LogP contribution is 2.07. The molecule has 1 rings (SSSR count). The molecule has 0 N–H and O–H groups in total. The van der Waals surface area contributed by atoms with Crippen molar-refractivity contribution in [2.45, 2.75) is 12.8 Å². The van der Waals surface area contributed by atoms with E-state index in [-0.39, 0.29) is 0 Å². The normalized spacial score (nSPS) is 10.3. The number of nitriles is 1. The van der Waals surface area contributed by atoms with Crippen LogP contribution in [0.25, 0.3) is 6.08 Å². The Balaban J connectivity index is 2.60. The molecule has 1 aromatic carbocycles. The second kappa shape index (κ2) is 6.28. The summed E-state index contributed by atoms with van der Waals surface area (Å²) >= 11 is 4.12. The molecule has 0 spiro atoms. The molecule has 0 atom stereocenters. The molecule has 0 aliphatic rings. The lowest BCUT2D eigenvalue weighted by atomic mass is 10.1. The highest BCUT2D eigenvalue weighted by Gasteiger charge is 1.90. The maximum Gasteiger partial charge on any atom is 0.0669 e. The minimum atomic E-state index is 0.487. The number of hydrogen-bond donors (Lipinski definition) is 1. The van der Waals surface area contributed by atoms with Crippen LogP contribution in [0.3, 0.4) is 0 Å². The summed E-state index contributed by atoms with van der Waals surface area (Å²) < 4.78 is 0. The van der Waals surface area contributed by atoms with Gasteiger partial charge in [-0.1, -0.05) is 36.4 Å². The van der Waals surface area contributed by atoms with Crippen LogP contribution in [0.2, 0.25) is 0 Å². The van der Waals surface area contributed by atoms with Crippen molar-refractivity contribution < 1.29 is 0 Å². The molecule has 0 saturated heterocycles. The van der Waals surface area contributed by atoms with Gasteiger partial charge in [-0.25, -0.2) is 0 Å². The minimum Gasteiger partial charge on any atom is -0.198 e. The van der Waals surface area contributed by atoms with Crippen molar-refractivity contribution in [2.24, 2.45) is 0 Å². The zero-order valence-electron chi connectivity index (χ0n) is 7.98. The van der Waals surface area contributed by atoms with E-state index in [0.29, 0.717) is 6.42 Å². The predicted octanol–water partition coefficient (Wildman–Crippen LogP) is 3.09. The Hall–Kier alpha value is -1.20. The lowest BCUT2D eigenvalue weighted by Crippen LogP contribution is -1.80. The molecule has 0 unspecified atom stereocenters. The topological polar surface area (TPSA) is 23.8 Å². The first-order chi connectivity index (χ1) is 6.86. The van der Waals surface area contributed by atoms with Crippen molar-refractivity contribution >= 4 is 18.7 Å². The Morgan fingerprint density at radius 2 is 2.00 bits per heavy atom. The van der Waals surface area contributed by atoms with E-state index in [1.807, 2.05) is 24.3 Å². The first-order valence-corrected chi connectivity index (χ1v) is 5.23. The van der Waals surface area contributed by atoms with Crippen LogP contribution >= 0.6 is 12.6 Å². The second-order valence-electron chi connectivity index (χ2n) is 2.99. The number of rotatable bonds is 4. The first-order valence-electron chi connectivity index (χ1n) is 4.60. The van der Waals surface area contributed by atoms with Crippen molar-refractivity contribution in [3.63, 3.8) is 0 Å². The van der Waals surface area contributed by atoms with Gasteiger partial charge in [-0.05, 0) is 23.3 Å². The molecule has 0 aromatic heterocycles. The molecular formula is C12H13NS. The molecule has 0 fully saturated rings. The summed E-state index contributed by atoms with van der Waals surface area (Å²) in [5.74, 6) is 0.878. The monoisotopic (exact) mass is 203 g/mol. The fourth-order valence-corrected chi connectivity index (χ4v) is 1.28. The van der Waals surface area contributed by atoms with Crippen LogP contribution < -0.4 is 0 Å². The van der Waals surface area contributed by atoms with E-state index in [1.54, 1.807) is 0 Å². The van der Waals surface area contributed by atoms with E-state index >= 15 is 0 Å². The molecule has 0 aliphatic carbocycles. The Morgan fingerprint density at radius 1 is 1.29 bits per heavy atom. The van der Waals surface area contributed by atoms with Crippen molar-refractivity contribution in [1.82, 2.24) is 0 Å². The average Bonchev–Trinajstić information content (AvgIpc) is 2.21. The third-order valence-corrected chi connectivity index (χ3v) is 2.13. The van der Waals surface area contributed by atoms with E-state index < -0.39 is 0 Å². The summed E-state index contributed by atoms with van der Waals surface area (Å²) in [5, 5.41) is 8.49. The predicted molar refractivity (Wildman–Crippen MR) is 63.3 cm³/mol. The largest absolute Gasteiger partial charge is 0.198 e. The van der Waals surface area contributed by atoms with E-state index in [0.717, 1.165) is 17.7 Å². The molecule has 14 heavy (non-hydrogen) atoms. The van der Waals surface area contributed by atoms with Gasteiger partial charge >= 0.3 is 0 Å². The van der Waals surface area contributed by atoms with E-state index in [4.69, 9.17) is 5.26 Å². The van der Waals surface area contributed by atoms with Crippen molar-refractivity contribution in [3.8, 4) is 6.07 Å². The molecule has 0 radical (unpaired) electrons. The van der Waals surface area contributed by atoms with Crippen LogP contribution in [0, 0.1) is 11.3 Å². The SMILES string of the molecule is N#CCc1ccc(C=CCCS)cc1. The lowest BCUT2D eigenvalue weighted by molar-refractivity contribution is 1.25. The van der Waals surface area contributed by atoms with Gasteiger partial charge < -0.3 is 0 Å². The zero-order chi connectivity index (χ0) is 10.2. The maximum atomic E-state index is 8.49. The average molecular weight is 203 g/mol. The Labute approximate surface area is 90.5 Å². The Bertz CT molecular complexity index is 332. The fourth-order valence-electron chi connectivity index (χ4n) is 1.13. The van der Waals surface area contributed by atoms with E-state index in [9.17, 15) is 0 Å². The molecule has 0 saturated carbocycles. The standard InChI is InChI=1S/C12H13NS/c13-9-8-12-6-4-11(5-7-12)3-1-2-10-14/h1,3-7,14H,2,8,10H2. The van der Waals surface area contributed by atoms with Gasteiger partial charge in [0, 0.05) is 0 Å². The molecule has 0 bridgehead atoms. The van der Waals surface area contributed by atoms with Crippen LogP contribution in [0.15, 0.2) is 30.3 Å². The number of thiol groups is 1. The van der Waals surface area contributed by atoms with Gasteiger partial charge in [-0.15, -0.1) is 0 Å². The second-order valence-corrected chi connectivity index (χ2v) is 3.44. The molecule has 0 heterocycles. The Morgan fingerprint density at radius 3 is 2.57 bits per heavy atom. The molecule has 0 aliphatic heterocycles. The number of benzene rings is 1.